The standard InChI is InChI=1S/C14H17FN2O2/c1-9(2)16-12(18)14(7-8-14)13(19)17-11-5-3-10(15)4-6-11/h3-6,9H,7-8H2,1-2H3,(H,16,18)(H,17,19). The zero-order chi connectivity index (χ0) is 14.0. The molecule has 0 saturated heterocycles. The Kier molecular flexibility index (Phi) is 3.55. The third-order valence-electron chi connectivity index (χ3n) is 3.14. The molecule has 102 valence electrons. The molecule has 2 rings (SSSR count). The van der Waals surface area contributed by atoms with Gasteiger partial charge in [0.1, 0.15) is 11.2 Å². The minimum absolute atomic E-state index is 0.00333. The van der Waals surface area contributed by atoms with E-state index in [0.717, 1.165) is 0 Å². The Hall–Kier alpha value is -1.91. The Morgan fingerprint density at radius 3 is 2.21 bits per heavy atom. The molecule has 0 spiro atoms. The molecule has 0 bridgehead atoms. The van der Waals surface area contributed by atoms with E-state index in [-0.39, 0.29) is 23.7 Å². The minimum atomic E-state index is -0.946. The van der Waals surface area contributed by atoms with Crippen LogP contribution in [-0.2, 0) is 9.59 Å². The quantitative estimate of drug-likeness (QED) is 0.818. The summed E-state index contributed by atoms with van der Waals surface area (Å²) in [5.41, 5.74) is -0.450. The lowest BCUT2D eigenvalue weighted by Gasteiger charge is -2.17. The zero-order valence-corrected chi connectivity index (χ0v) is 11.0. The number of anilines is 1. The van der Waals surface area contributed by atoms with Crippen molar-refractivity contribution < 1.29 is 14.0 Å². The molecule has 19 heavy (non-hydrogen) atoms. The maximum absolute atomic E-state index is 12.8. The van der Waals surface area contributed by atoms with Gasteiger partial charge < -0.3 is 10.6 Å². The number of halogens is 1. The molecular formula is C14H17FN2O2. The third-order valence-corrected chi connectivity index (χ3v) is 3.14. The number of carbonyl (C=O) groups is 2. The van der Waals surface area contributed by atoms with Crippen molar-refractivity contribution in [3.05, 3.63) is 30.1 Å². The molecule has 1 saturated carbocycles. The Balaban J connectivity index is 2.03. The van der Waals surface area contributed by atoms with Crippen LogP contribution in [-0.4, -0.2) is 17.9 Å². The minimum Gasteiger partial charge on any atom is -0.353 e. The number of amides is 2. The first-order chi connectivity index (χ1) is 8.94. The van der Waals surface area contributed by atoms with Crippen molar-refractivity contribution in [3.63, 3.8) is 0 Å². The van der Waals surface area contributed by atoms with Crippen molar-refractivity contribution in [1.82, 2.24) is 5.32 Å². The van der Waals surface area contributed by atoms with Gasteiger partial charge in [0.05, 0.1) is 0 Å². The number of rotatable bonds is 4. The van der Waals surface area contributed by atoms with Crippen LogP contribution in [0.4, 0.5) is 10.1 Å². The van der Waals surface area contributed by atoms with Crippen LogP contribution >= 0.6 is 0 Å². The molecule has 1 fully saturated rings. The largest absolute Gasteiger partial charge is 0.353 e. The molecule has 0 unspecified atom stereocenters. The second-order valence-corrected chi connectivity index (χ2v) is 5.17. The molecule has 0 radical (unpaired) electrons. The number of hydrogen-bond acceptors (Lipinski definition) is 2. The Bertz CT molecular complexity index is 493. The number of benzene rings is 1. The Morgan fingerprint density at radius 2 is 1.74 bits per heavy atom. The second-order valence-electron chi connectivity index (χ2n) is 5.17. The van der Waals surface area contributed by atoms with Crippen molar-refractivity contribution in [1.29, 1.82) is 0 Å². The molecule has 1 aliphatic carbocycles. The maximum Gasteiger partial charge on any atom is 0.240 e. The maximum atomic E-state index is 12.8. The lowest BCUT2D eigenvalue weighted by Crippen LogP contribution is -2.42. The highest BCUT2D eigenvalue weighted by Gasteiger charge is 2.56. The van der Waals surface area contributed by atoms with Crippen LogP contribution < -0.4 is 10.6 Å². The lowest BCUT2D eigenvalue weighted by atomic mass is 10.0. The van der Waals surface area contributed by atoms with Gasteiger partial charge in [0, 0.05) is 11.7 Å². The van der Waals surface area contributed by atoms with Gasteiger partial charge >= 0.3 is 0 Å². The molecule has 1 aliphatic rings. The van der Waals surface area contributed by atoms with E-state index in [1.165, 1.54) is 24.3 Å². The SMILES string of the molecule is CC(C)NC(=O)C1(C(=O)Nc2ccc(F)cc2)CC1. The van der Waals surface area contributed by atoms with Crippen LogP contribution in [0, 0.1) is 11.2 Å². The van der Waals surface area contributed by atoms with Gasteiger partial charge in [-0.3, -0.25) is 9.59 Å². The van der Waals surface area contributed by atoms with Crippen molar-refractivity contribution in [2.75, 3.05) is 5.32 Å². The average molecular weight is 264 g/mol. The summed E-state index contributed by atoms with van der Waals surface area (Å²) in [6.45, 7) is 3.71. The predicted molar refractivity (Wildman–Crippen MR) is 70.0 cm³/mol. The third kappa shape index (κ3) is 2.92. The average Bonchev–Trinajstić information content (AvgIpc) is 3.12. The van der Waals surface area contributed by atoms with Gasteiger partial charge in [-0.2, -0.15) is 0 Å². The first-order valence-electron chi connectivity index (χ1n) is 6.32. The van der Waals surface area contributed by atoms with Crippen LogP contribution in [0.5, 0.6) is 0 Å². The number of nitrogens with one attached hydrogen (secondary N) is 2. The topological polar surface area (TPSA) is 58.2 Å². The smallest absolute Gasteiger partial charge is 0.240 e. The summed E-state index contributed by atoms with van der Waals surface area (Å²) in [6, 6.07) is 5.49. The number of carbonyl (C=O) groups excluding carboxylic acids is 2. The fraction of sp³-hybridized carbons (Fsp3) is 0.429. The van der Waals surface area contributed by atoms with E-state index in [1.54, 1.807) is 0 Å². The van der Waals surface area contributed by atoms with E-state index in [1.807, 2.05) is 13.8 Å². The van der Waals surface area contributed by atoms with E-state index >= 15 is 0 Å². The van der Waals surface area contributed by atoms with E-state index in [0.29, 0.717) is 18.5 Å². The molecule has 0 aromatic heterocycles. The molecular weight excluding hydrogens is 247 g/mol. The summed E-state index contributed by atoms with van der Waals surface area (Å²) >= 11 is 0. The summed E-state index contributed by atoms with van der Waals surface area (Å²) in [6.07, 6.45) is 1.11. The Morgan fingerprint density at radius 1 is 1.16 bits per heavy atom. The summed E-state index contributed by atoms with van der Waals surface area (Å²) < 4.78 is 12.8. The predicted octanol–water partition coefficient (Wildman–Crippen LogP) is 2.07. The molecule has 1 aromatic rings. The zero-order valence-electron chi connectivity index (χ0n) is 11.0. The molecule has 5 heteroatoms. The molecule has 4 nitrogen and oxygen atoms in total. The van der Waals surface area contributed by atoms with Gasteiger partial charge in [-0.15, -0.1) is 0 Å². The van der Waals surface area contributed by atoms with E-state index in [4.69, 9.17) is 0 Å². The van der Waals surface area contributed by atoms with Crippen LogP contribution in [0.25, 0.3) is 0 Å². The van der Waals surface area contributed by atoms with Gasteiger partial charge in [0.15, 0.2) is 0 Å². The highest BCUT2D eigenvalue weighted by Crippen LogP contribution is 2.46. The summed E-state index contributed by atoms with van der Waals surface area (Å²) in [7, 11) is 0. The van der Waals surface area contributed by atoms with Gasteiger partial charge in [0.25, 0.3) is 0 Å². The molecule has 2 N–H and O–H groups in total. The Labute approximate surface area is 111 Å². The molecule has 0 heterocycles. The monoisotopic (exact) mass is 264 g/mol. The summed E-state index contributed by atoms with van der Waals surface area (Å²) in [5, 5.41) is 5.42. The normalized spacial score (nSPS) is 16.0. The summed E-state index contributed by atoms with van der Waals surface area (Å²) in [4.78, 5) is 24.1. The molecule has 1 aromatic carbocycles. The highest BCUT2D eigenvalue weighted by molar-refractivity contribution is 6.13. The summed E-state index contributed by atoms with van der Waals surface area (Å²) in [5.74, 6) is -0.920. The van der Waals surface area contributed by atoms with Gasteiger partial charge in [-0.1, -0.05) is 0 Å². The van der Waals surface area contributed by atoms with Crippen molar-refractivity contribution in [2.45, 2.75) is 32.7 Å². The van der Waals surface area contributed by atoms with Gasteiger partial charge in [0.2, 0.25) is 11.8 Å². The van der Waals surface area contributed by atoms with E-state index in [9.17, 15) is 14.0 Å². The van der Waals surface area contributed by atoms with Crippen LogP contribution in [0.1, 0.15) is 26.7 Å². The van der Waals surface area contributed by atoms with Crippen molar-refractivity contribution in [3.8, 4) is 0 Å². The highest BCUT2D eigenvalue weighted by atomic mass is 19.1. The number of hydrogen-bond donors (Lipinski definition) is 2. The van der Waals surface area contributed by atoms with Gasteiger partial charge in [-0.25, -0.2) is 4.39 Å². The van der Waals surface area contributed by atoms with Gasteiger partial charge in [-0.05, 0) is 51.0 Å². The van der Waals surface area contributed by atoms with Crippen LogP contribution in [0.2, 0.25) is 0 Å². The van der Waals surface area contributed by atoms with E-state index in [2.05, 4.69) is 10.6 Å². The fourth-order valence-electron chi connectivity index (χ4n) is 1.87. The fourth-order valence-corrected chi connectivity index (χ4v) is 1.87. The van der Waals surface area contributed by atoms with Crippen LogP contribution in [0.15, 0.2) is 24.3 Å². The first kappa shape index (κ1) is 13.5. The first-order valence-corrected chi connectivity index (χ1v) is 6.32. The van der Waals surface area contributed by atoms with Crippen molar-refractivity contribution >= 4 is 17.5 Å². The molecule has 2 amide bonds. The molecule has 0 aliphatic heterocycles. The molecule has 0 atom stereocenters. The van der Waals surface area contributed by atoms with E-state index < -0.39 is 5.41 Å². The van der Waals surface area contributed by atoms with Crippen LogP contribution in [0.3, 0.4) is 0 Å². The lowest BCUT2D eigenvalue weighted by molar-refractivity contribution is -0.134. The van der Waals surface area contributed by atoms with Crippen molar-refractivity contribution in [2.24, 2.45) is 5.41 Å². The second kappa shape index (κ2) is 4.99.